The highest BCUT2D eigenvalue weighted by Gasteiger charge is 2.14. The molecule has 0 saturated carbocycles. The fourth-order valence-corrected chi connectivity index (χ4v) is 3.71. The van der Waals surface area contributed by atoms with Gasteiger partial charge in [-0.15, -0.1) is 10.2 Å². The number of non-ortho nitro benzene ring substituents is 1. The van der Waals surface area contributed by atoms with Gasteiger partial charge in [-0.2, -0.15) is 0 Å². The van der Waals surface area contributed by atoms with E-state index in [-0.39, 0.29) is 11.3 Å². The SMILES string of the molecule is COc1ccc(-c2nnc(NC(=O)c3cccc(NC(=O)c4ccc([N+](=O)[O-])cc4)c3)s2)cc1. The predicted octanol–water partition coefficient (Wildman–Crippen LogP) is 4.63. The Morgan fingerprint density at radius 1 is 0.912 bits per heavy atom. The number of anilines is 2. The van der Waals surface area contributed by atoms with E-state index in [1.54, 1.807) is 25.3 Å². The second-order valence-electron chi connectivity index (χ2n) is 6.93. The van der Waals surface area contributed by atoms with Gasteiger partial charge in [-0.1, -0.05) is 17.4 Å². The molecule has 170 valence electrons. The van der Waals surface area contributed by atoms with E-state index in [1.807, 2.05) is 24.3 Å². The first-order valence-electron chi connectivity index (χ1n) is 9.88. The summed E-state index contributed by atoms with van der Waals surface area (Å²) < 4.78 is 5.14. The molecule has 10 nitrogen and oxygen atoms in total. The number of ether oxygens (including phenoxy) is 1. The van der Waals surface area contributed by atoms with Crippen LogP contribution in [0.15, 0.2) is 72.8 Å². The van der Waals surface area contributed by atoms with Crippen LogP contribution in [0.1, 0.15) is 20.7 Å². The van der Waals surface area contributed by atoms with Crippen LogP contribution in [0.2, 0.25) is 0 Å². The van der Waals surface area contributed by atoms with Crippen molar-refractivity contribution in [3.8, 4) is 16.3 Å². The van der Waals surface area contributed by atoms with Gasteiger partial charge in [0.15, 0.2) is 0 Å². The Labute approximate surface area is 197 Å². The average molecular weight is 475 g/mol. The molecule has 2 amide bonds. The summed E-state index contributed by atoms with van der Waals surface area (Å²) in [6, 6.07) is 18.9. The summed E-state index contributed by atoms with van der Waals surface area (Å²) in [5.41, 5.74) is 1.69. The van der Waals surface area contributed by atoms with Gasteiger partial charge < -0.3 is 10.1 Å². The van der Waals surface area contributed by atoms with Crippen molar-refractivity contribution < 1.29 is 19.2 Å². The van der Waals surface area contributed by atoms with E-state index in [0.717, 1.165) is 11.3 Å². The third kappa shape index (κ3) is 5.22. The molecular weight excluding hydrogens is 458 g/mol. The van der Waals surface area contributed by atoms with Crippen LogP contribution in [0.4, 0.5) is 16.5 Å². The van der Waals surface area contributed by atoms with Gasteiger partial charge in [-0.25, -0.2) is 0 Å². The molecule has 1 heterocycles. The minimum absolute atomic E-state index is 0.109. The number of hydrogen-bond acceptors (Lipinski definition) is 8. The summed E-state index contributed by atoms with van der Waals surface area (Å²) in [6.07, 6.45) is 0. The molecule has 1 aromatic heterocycles. The second-order valence-corrected chi connectivity index (χ2v) is 7.91. The summed E-state index contributed by atoms with van der Waals surface area (Å²) in [6.45, 7) is 0. The lowest BCUT2D eigenvalue weighted by Crippen LogP contribution is -2.14. The van der Waals surface area contributed by atoms with E-state index >= 15 is 0 Å². The lowest BCUT2D eigenvalue weighted by atomic mass is 10.1. The number of carbonyl (C=O) groups excluding carboxylic acids is 2. The first-order chi connectivity index (χ1) is 16.4. The molecule has 0 aliphatic rings. The van der Waals surface area contributed by atoms with E-state index in [2.05, 4.69) is 20.8 Å². The molecule has 0 aliphatic carbocycles. The van der Waals surface area contributed by atoms with Crippen LogP contribution < -0.4 is 15.4 Å². The van der Waals surface area contributed by atoms with Gasteiger partial charge in [0.05, 0.1) is 12.0 Å². The molecule has 11 heteroatoms. The first kappa shape index (κ1) is 22.6. The molecule has 0 atom stereocenters. The molecule has 0 aliphatic heterocycles. The quantitative estimate of drug-likeness (QED) is 0.294. The van der Waals surface area contributed by atoms with Crippen LogP contribution in [-0.4, -0.2) is 34.0 Å². The Kier molecular flexibility index (Phi) is 6.55. The molecule has 0 bridgehead atoms. The van der Waals surface area contributed by atoms with Crippen molar-refractivity contribution in [2.45, 2.75) is 0 Å². The number of nitro groups is 1. The lowest BCUT2D eigenvalue weighted by Gasteiger charge is -2.07. The highest BCUT2D eigenvalue weighted by atomic mass is 32.1. The van der Waals surface area contributed by atoms with Crippen LogP contribution in [0, 0.1) is 10.1 Å². The lowest BCUT2D eigenvalue weighted by molar-refractivity contribution is -0.384. The third-order valence-electron chi connectivity index (χ3n) is 4.71. The normalized spacial score (nSPS) is 10.4. The van der Waals surface area contributed by atoms with Gasteiger partial charge in [0.1, 0.15) is 10.8 Å². The topological polar surface area (TPSA) is 136 Å². The van der Waals surface area contributed by atoms with Crippen LogP contribution >= 0.6 is 11.3 Å². The summed E-state index contributed by atoms with van der Waals surface area (Å²) in [7, 11) is 1.59. The summed E-state index contributed by atoms with van der Waals surface area (Å²) in [4.78, 5) is 35.3. The van der Waals surface area contributed by atoms with Crippen LogP contribution in [0.5, 0.6) is 5.75 Å². The maximum Gasteiger partial charge on any atom is 0.269 e. The maximum atomic E-state index is 12.7. The molecule has 4 rings (SSSR count). The van der Waals surface area contributed by atoms with Crippen LogP contribution in [0.3, 0.4) is 0 Å². The van der Waals surface area contributed by atoms with E-state index in [0.29, 0.717) is 21.4 Å². The number of amides is 2. The predicted molar refractivity (Wildman–Crippen MR) is 127 cm³/mol. The zero-order valence-corrected chi connectivity index (χ0v) is 18.5. The van der Waals surface area contributed by atoms with Gasteiger partial charge in [0.25, 0.3) is 17.5 Å². The zero-order chi connectivity index (χ0) is 24.1. The van der Waals surface area contributed by atoms with Gasteiger partial charge in [-0.3, -0.25) is 25.0 Å². The maximum absolute atomic E-state index is 12.7. The average Bonchev–Trinajstić information content (AvgIpc) is 3.32. The minimum Gasteiger partial charge on any atom is -0.497 e. The van der Waals surface area contributed by atoms with E-state index in [1.165, 1.54) is 41.7 Å². The Morgan fingerprint density at radius 2 is 1.62 bits per heavy atom. The van der Waals surface area contributed by atoms with Crippen molar-refractivity contribution in [2.24, 2.45) is 0 Å². The van der Waals surface area contributed by atoms with Gasteiger partial charge in [-0.05, 0) is 54.6 Å². The van der Waals surface area contributed by atoms with Crippen molar-refractivity contribution in [1.29, 1.82) is 0 Å². The highest BCUT2D eigenvalue weighted by molar-refractivity contribution is 7.18. The monoisotopic (exact) mass is 475 g/mol. The number of nitrogens with one attached hydrogen (secondary N) is 2. The Morgan fingerprint density at radius 3 is 2.29 bits per heavy atom. The van der Waals surface area contributed by atoms with E-state index < -0.39 is 16.7 Å². The van der Waals surface area contributed by atoms with Gasteiger partial charge in [0.2, 0.25) is 5.13 Å². The van der Waals surface area contributed by atoms with Crippen molar-refractivity contribution in [3.63, 3.8) is 0 Å². The number of carbonyl (C=O) groups is 2. The Hall–Kier alpha value is -4.64. The minimum atomic E-state index is -0.540. The molecule has 0 radical (unpaired) electrons. The third-order valence-corrected chi connectivity index (χ3v) is 5.59. The molecule has 4 aromatic rings. The number of aromatic nitrogens is 2. The van der Waals surface area contributed by atoms with Gasteiger partial charge in [0, 0.05) is 34.5 Å². The number of nitrogens with zero attached hydrogens (tertiary/aromatic N) is 3. The molecule has 0 unspecified atom stereocenters. The second kappa shape index (κ2) is 9.88. The van der Waals surface area contributed by atoms with Crippen molar-refractivity contribution in [1.82, 2.24) is 10.2 Å². The number of benzene rings is 3. The number of hydrogen-bond donors (Lipinski definition) is 2. The Bertz CT molecular complexity index is 1350. The number of rotatable bonds is 7. The zero-order valence-electron chi connectivity index (χ0n) is 17.7. The van der Waals surface area contributed by atoms with Gasteiger partial charge >= 0.3 is 0 Å². The summed E-state index contributed by atoms with van der Waals surface area (Å²) in [5.74, 6) is -0.146. The Balaban J connectivity index is 1.42. The first-order valence-corrected chi connectivity index (χ1v) is 10.7. The molecule has 0 spiro atoms. The summed E-state index contributed by atoms with van der Waals surface area (Å²) >= 11 is 1.23. The molecule has 3 aromatic carbocycles. The molecule has 0 fully saturated rings. The molecule has 34 heavy (non-hydrogen) atoms. The van der Waals surface area contributed by atoms with E-state index in [4.69, 9.17) is 4.74 Å². The fourth-order valence-electron chi connectivity index (χ4n) is 2.97. The number of methoxy groups -OCH3 is 1. The van der Waals surface area contributed by atoms with Crippen LogP contribution in [-0.2, 0) is 0 Å². The van der Waals surface area contributed by atoms with Crippen LogP contribution in [0.25, 0.3) is 10.6 Å². The van der Waals surface area contributed by atoms with E-state index in [9.17, 15) is 19.7 Å². The molecular formula is C23H17N5O5S. The number of nitro benzene ring substituents is 1. The summed E-state index contributed by atoms with van der Waals surface area (Å²) in [5, 5.41) is 25.2. The largest absolute Gasteiger partial charge is 0.497 e. The fraction of sp³-hybridized carbons (Fsp3) is 0.0435. The molecule has 2 N–H and O–H groups in total. The van der Waals surface area contributed by atoms with Crippen molar-refractivity contribution in [2.75, 3.05) is 17.7 Å². The van der Waals surface area contributed by atoms with Crippen molar-refractivity contribution in [3.05, 3.63) is 94.0 Å². The van der Waals surface area contributed by atoms with Crippen molar-refractivity contribution >= 4 is 39.7 Å². The standard InChI is InChI=1S/C23H17N5O5S/c1-33-19-11-7-15(8-12-19)22-26-27-23(34-22)25-21(30)16-3-2-4-17(13-16)24-20(29)14-5-9-18(10-6-14)28(31)32/h2-13H,1H3,(H,24,29)(H,25,27,30). The smallest absolute Gasteiger partial charge is 0.269 e. The highest BCUT2D eigenvalue weighted by Crippen LogP contribution is 2.28. The molecule has 0 saturated heterocycles.